The minimum absolute atomic E-state index is 0.0277. The quantitative estimate of drug-likeness (QED) is 0.394. The normalized spacial score (nSPS) is 18.1. The van der Waals surface area contributed by atoms with Crippen LogP contribution in [-0.2, 0) is 22.3 Å². The zero-order valence-electron chi connectivity index (χ0n) is 20.5. The average Bonchev–Trinajstić information content (AvgIpc) is 3.46. The second-order valence-electron chi connectivity index (χ2n) is 9.05. The van der Waals surface area contributed by atoms with Crippen LogP contribution in [-0.4, -0.2) is 77.1 Å². The number of nitrogens with zero attached hydrogens (tertiary/aromatic N) is 5. The molecule has 0 spiro atoms. The Morgan fingerprint density at radius 1 is 1.13 bits per heavy atom. The van der Waals surface area contributed by atoms with E-state index in [1.165, 1.54) is 28.6 Å². The number of ether oxygens (including phenoxy) is 1. The molecule has 7 nitrogen and oxygen atoms in total. The lowest BCUT2D eigenvalue weighted by Crippen LogP contribution is -2.48. The molecule has 0 radical (unpaired) electrons. The largest absolute Gasteiger partial charge is 0.416 e. The first-order valence-electron chi connectivity index (χ1n) is 12.0. The molecular weight excluding hydrogens is 539 g/mol. The highest BCUT2D eigenvalue weighted by Crippen LogP contribution is 2.35. The van der Waals surface area contributed by atoms with E-state index in [4.69, 9.17) is 16.3 Å². The van der Waals surface area contributed by atoms with Gasteiger partial charge in [0.1, 0.15) is 0 Å². The Morgan fingerprint density at radius 3 is 2.66 bits per heavy atom. The topological polar surface area (TPSA) is 63.0 Å². The summed E-state index contributed by atoms with van der Waals surface area (Å²) < 4.78 is 47.2. The van der Waals surface area contributed by atoms with Gasteiger partial charge in [-0.1, -0.05) is 23.7 Å². The van der Waals surface area contributed by atoms with E-state index in [2.05, 4.69) is 19.9 Å². The third kappa shape index (κ3) is 5.90. The molecule has 1 amide bonds. The van der Waals surface area contributed by atoms with E-state index in [1.54, 1.807) is 25.4 Å². The highest BCUT2D eigenvalue weighted by Gasteiger charge is 2.34. The summed E-state index contributed by atoms with van der Waals surface area (Å²) in [5.74, 6) is -0.273. The number of hydrogen-bond acceptors (Lipinski definition) is 6. The van der Waals surface area contributed by atoms with Gasteiger partial charge in [-0.25, -0.2) is 0 Å². The molecule has 200 valence electrons. The van der Waals surface area contributed by atoms with Gasteiger partial charge in [-0.05, 0) is 53.2 Å². The number of aliphatic imine (C=N–C) groups is 1. The minimum Gasteiger partial charge on any atom is -0.383 e. The van der Waals surface area contributed by atoms with Gasteiger partial charge >= 0.3 is 6.18 Å². The van der Waals surface area contributed by atoms with Gasteiger partial charge in [0.15, 0.2) is 5.17 Å². The van der Waals surface area contributed by atoms with Crippen LogP contribution in [0, 0.1) is 0 Å². The number of amidine groups is 1. The van der Waals surface area contributed by atoms with Gasteiger partial charge in [0.05, 0.1) is 35.3 Å². The summed E-state index contributed by atoms with van der Waals surface area (Å²) in [5, 5.41) is 5.80. The van der Waals surface area contributed by atoms with Crippen LogP contribution in [0.1, 0.15) is 16.7 Å². The fourth-order valence-corrected chi connectivity index (χ4v) is 5.64. The summed E-state index contributed by atoms with van der Waals surface area (Å²) in [6.07, 6.45) is -1.13. The molecule has 1 saturated heterocycles. The molecule has 2 aliphatic heterocycles. The average molecular weight is 564 g/mol. The number of hydrogen-bond donors (Lipinski definition) is 0. The van der Waals surface area contributed by atoms with Crippen molar-refractivity contribution in [3.63, 3.8) is 0 Å². The summed E-state index contributed by atoms with van der Waals surface area (Å²) in [7, 11) is 1.69. The smallest absolute Gasteiger partial charge is 0.383 e. The lowest BCUT2D eigenvalue weighted by Gasteiger charge is -2.35. The minimum atomic E-state index is -4.52. The van der Waals surface area contributed by atoms with Crippen molar-refractivity contribution in [3.05, 3.63) is 69.2 Å². The lowest BCUT2D eigenvalue weighted by molar-refractivity contribution is -0.138. The summed E-state index contributed by atoms with van der Waals surface area (Å²) in [6.45, 7) is 4.89. The van der Waals surface area contributed by atoms with E-state index in [0.29, 0.717) is 22.2 Å². The first-order chi connectivity index (χ1) is 18.2. The summed E-state index contributed by atoms with van der Waals surface area (Å²) >= 11 is 7.17. The maximum Gasteiger partial charge on any atom is 0.416 e. The molecule has 12 heteroatoms. The SMILES string of the molecule is COCCN1CCN(C2=NC(=O)C(=Cc3ccc4c(cnn4Cc4ccc(Cl)cc4C(F)(F)F)c3)S2)CC1. The molecule has 38 heavy (non-hydrogen) atoms. The molecule has 0 unspecified atom stereocenters. The van der Waals surface area contributed by atoms with Gasteiger partial charge in [0.25, 0.3) is 5.91 Å². The molecule has 3 heterocycles. The van der Waals surface area contributed by atoms with Crippen LogP contribution >= 0.6 is 23.4 Å². The van der Waals surface area contributed by atoms with Crippen LogP contribution < -0.4 is 0 Å². The standard InChI is InChI=1S/C26H25ClF3N5O2S/c1-37-11-10-33-6-8-34(9-7-33)25-32-24(36)23(38-25)13-17-2-5-22-19(12-17)15-31-35(22)16-18-3-4-20(27)14-21(18)26(28,29)30/h2-5,12-15H,6-11,16H2,1H3. The molecule has 0 atom stereocenters. The molecule has 2 aliphatic rings. The van der Waals surface area contributed by atoms with Crippen molar-refractivity contribution in [2.45, 2.75) is 12.7 Å². The summed E-state index contributed by atoms with van der Waals surface area (Å²) in [5.41, 5.74) is 0.773. The van der Waals surface area contributed by atoms with Gasteiger partial charge in [0, 0.05) is 50.2 Å². The molecule has 2 aromatic carbocycles. The molecule has 3 aromatic rings. The van der Waals surface area contributed by atoms with Crippen molar-refractivity contribution in [3.8, 4) is 0 Å². The number of carbonyl (C=O) groups excluding carboxylic acids is 1. The van der Waals surface area contributed by atoms with E-state index in [-0.39, 0.29) is 23.0 Å². The Labute approximate surface area is 226 Å². The Kier molecular flexibility index (Phi) is 7.80. The monoisotopic (exact) mass is 563 g/mol. The molecule has 0 bridgehead atoms. The molecular formula is C26H25ClF3N5O2S. The Hall–Kier alpha value is -2.86. The van der Waals surface area contributed by atoms with Crippen molar-refractivity contribution < 1.29 is 22.7 Å². The number of alkyl halides is 3. The van der Waals surface area contributed by atoms with E-state index >= 15 is 0 Å². The number of methoxy groups -OCH3 is 1. The number of benzene rings is 2. The van der Waals surface area contributed by atoms with Crippen LogP contribution in [0.15, 0.2) is 52.5 Å². The predicted molar refractivity (Wildman–Crippen MR) is 143 cm³/mol. The Balaban J connectivity index is 1.29. The number of amides is 1. The van der Waals surface area contributed by atoms with E-state index in [9.17, 15) is 18.0 Å². The van der Waals surface area contributed by atoms with Gasteiger partial charge in [-0.15, -0.1) is 0 Å². The van der Waals surface area contributed by atoms with Crippen LogP contribution in [0.5, 0.6) is 0 Å². The molecule has 5 rings (SSSR count). The second kappa shape index (κ2) is 11.1. The molecule has 1 fully saturated rings. The van der Waals surface area contributed by atoms with Crippen LogP contribution in [0.2, 0.25) is 5.02 Å². The van der Waals surface area contributed by atoms with Gasteiger partial charge < -0.3 is 9.64 Å². The first kappa shape index (κ1) is 26.7. The molecule has 1 aromatic heterocycles. The number of fused-ring (bicyclic) bond motifs is 1. The fraction of sp³-hybridized carbons (Fsp3) is 0.346. The first-order valence-corrected chi connectivity index (χ1v) is 13.2. The van der Waals surface area contributed by atoms with Crippen molar-refractivity contribution in [1.82, 2.24) is 19.6 Å². The van der Waals surface area contributed by atoms with Crippen molar-refractivity contribution >= 4 is 51.4 Å². The number of aromatic nitrogens is 2. The number of rotatable bonds is 6. The van der Waals surface area contributed by atoms with Crippen molar-refractivity contribution in [1.29, 1.82) is 0 Å². The zero-order chi connectivity index (χ0) is 26.9. The highest BCUT2D eigenvalue weighted by atomic mass is 35.5. The van der Waals surface area contributed by atoms with Gasteiger partial charge in [-0.3, -0.25) is 14.4 Å². The molecule has 0 aliphatic carbocycles. The molecule has 0 N–H and O–H groups in total. The van der Waals surface area contributed by atoms with Crippen molar-refractivity contribution in [2.24, 2.45) is 4.99 Å². The fourth-order valence-electron chi connectivity index (χ4n) is 4.50. The van der Waals surface area contributed by atoms with Crippen LogP contribution in [0.25, 0.3) is 17.0 Å². The number of piperazine rings is 1. The predicted octanol–water partition coefficient (Wildman–Crippen LogP) is 4.99. The number of halogens is 4. The summed E-state index contributed by atoms with van der Waals surface area (Å²) in [4.78, 5) is 21.8. The number of carbonyl (C=O) groups is 1. The van der Waals surface area contributed by atoms with E-state index in [0.717, 1.165) is 49.7 Å². The van der Waals surface area contributed by atoms with Crippen molar-refractivity contribution in [2.75, 3.05) is 46.4 Å². The zero-order valence-corrected chi connectivity index (χ0v) is 22.1. The maximum atomic E-state index is 13.5. The van der Waals surface area contributed by atoms with E-state index in [1.807, 2.05) is 12.1 Å². The van der Waals surface area contributed by atoms with Gasteiger partial charge in [-0.2, -0.15) is 23.3 Å². The second-order valence-corrected chi connectivity index (χ2v) is 10.5. The Morgan fingerprint density at radius 2 is 1.92 bits per heavy atom. The van der Waals surface area contributed by atoms with Crippen LogP contribution in [0.4, 0.5) is 13.2 Å². The van der Waals surface area contributed by atoms with Gasteiger partial charge in [0.2, 0.25) is 0 Å². The van der Waals surface area contributed by atoms with E-state index < -0.39 is 11.7 Å². The highest BCUT2D eigenvalue weighted by molar-refractivity contribution is 8.18. The maximum absolute atomic E-state index is 13.5. The third-order valence-corrected chi connectivity index (χ3v) is 7.80. The molecule has 0 saturated carbocycles. The Bertz CT molecular complexity index is 1410. The summed E-state index contributed by atoms with van der Waals surface area (Å²) in [6, 6.07) is 9.22. The lowest BCUT2D eigenvalue weighted by atomic mass is 10.1. The third-order valence-electron chi connectivity index (χ3n) is 6.52. The van der Waals surface area contributed by atoms with Crippen LogP contribution in [0.3, 0.4) is 0 Å². The number of thioether (sulfide) groups is 1.